The number of hydrogen-bond acceptors (Lipinski definition) is 14. The zero-order valence-corrected chi connectivity index (χ0v) is 47.3. The maximum Gasteiger partial charge on any atom is 0.246 e. The Morgan fingerprint density at radius 3 is 2.28 bits per heavy atom. The van der Waals surface area contributed by atoms with Crippen LogP contribution in [0.3, 0.4) is 0 Å². The molecule has 4 amide bonds. The van der Waals surface area contributed by atoms with E-state index in [1.165, 1.54) is 11.1 Å². The van der Waals surface area contributed by atoms with Crippen LogP contribution in [0.2, 0.25) is 5.02 Å². The number of piperidine rings is 1. The minimum Gasteiger partial charge on any atom is -0.489 e. The molecular weight excluding hydrogens is 1030 g/mol. The molecule has 3 atom stereocenters. The molecule has 20 heteroatoms. The summed E-state index contributed by atoms with van der Waals surface area (Å²) in [6, 6.07) is 16.7. The van der Waals surface area contributed by atoms with Crippen molar-refractivity contribution in [1.29, 1.82) is 0 Å². The van der Waals surface area contributed by atoms with Crippen LogP contribution < -0.4 is 26.0 Å². The number of carbonyl (C=O) groups excluding carboxylic acids is 4. The first-order valence-corrected chi connectivity index (χ1v) is 28.8. The molecule has 2 aliphatic rings. The maximum atomic E-state index is 14.2. The molecule has 76 heavy (non-hydrogen) atoms. The first kappa shape index (κ1) is 57.6. The van der Waals surface area contributed by atoms with Gasteiger partial charge in [0, 0.05) is 45.4 Å². The third-order valence-corrected chi connectivity index (χ3v) is 17.3. The third kappa shape index (κ3) is 14.3. The van der Waals surface area contributed by atoms with Gasteiger partial charge in [0.25, 0.3) is 0 Å². The van der Waals surface area contributed by atoms with Crippen molar-refractivity contribution >= 4 is 79.5 Å². The van der Waals surface area contributed by atoms with Gasteiger partial charge in [0.05, 0.1) is 56.0 Å². The number of para-hydroxylation sites is 1. The number of β-amino-alcohol motifs (C(OH)–C–C–N with tert-alkyl or cyclic N) is 1. The normalized spacial score (nSPS) is 16.7. The second-order valence-electron chi connectivity index (χ2n) is 21.4. The predicted octanol–water partition coefficient (Wildman–Crippen LogP) is 9.40. The van der Waals surface area contributed by atoms with Crippen LogP contribution in [-0.2, 0) is 35.6 Å². The monoisotopic (exact) mass is 1100 g/mol. The molecule has 5 aromatic rings. The molecule has 0 spiro atoms. The molecule has 2 saturated heterocycles. The van der Waals surface area contributed by atoms with E-state index in [0.717, 1.165) is 45.7 Å². The highest BCUT2D eigenvalue weighted by Crippen LogP contribution is 2.39. The van der Waals surface area contributed by atoms with E-state index in [1.54, 1.807) is 49.4 Å². The summed E-state index contributed by atoms with van der Waals surface area (Å²) in [4.78, 5) is 72.4. The van der Waals surface area contributed by atoms with Gasteiger partial charge in [-0.2, -0.15) is 4.98 Å². The van der Waals surface area contributed by atoms with Gasteiger partial charge in [-0.25, -0.2) is 18.4 Å². The molecule has 2 aromatic heterocycles. The molecule has 0 aliphatic carbocycles. The fraction of sp³-hybridized carbons (Fsp3) is 0.482. The molecule has 1 unspecified atom stereocenters. The number of unbranched alkanes of at least 4 members (excludes halogenated alkanes) is 1. The van der Waals surface area contributed by atoms with Gasteiger partial charge in [0.1, 0.15) is 22.9 Å². The van der Waals surface area contributed by atoms with Gasteiger partial charge >= 0.3 is 0 Å². The molecule has 0 bridgehead atoms. The van der Waals surface area contributed by atoms with Crippen LogP contribution in [0.5, 0.6) is 5.75 Å². The van der Waals surface area contributed by atoms with Crippen molar-refractivity contribution < 1.29 is 37.4 Å². The largest absolute Gasteiger partial charge is 0.489 e. The van der Waals surface area contributed by atoms with Gasteiger partial charge in [-0.3, -0.25) is 19.2 Å². The summed E-state index contributed by atoms with van der Waals surface area (Å²) in [6.07, 6.45) is 3.38. The molecule has 0 saturated carbocycles. The summed E-state index contributed by atoms with van der Waals surface area (Å²) in [5.41, 5.74) is 7.13. The Morgan fingerprint density at radius 2 is 1.62 bits per heavy atom. The highest BCUT2D eigenvalue weighted by molar-refractivity contribution is 7.92. The number of aliphatic hydroxyl groups excluding tert-OH is 1. The smallest absolute Gasteiger partial charge is 0.246 e. The Kier molecular flexibility index (Phi) is 18.8. The average molecular weight is 1100 g/mol. The van der Waals surface area contributed by atoms with Crippen LogP contribution in [0.25, 0.3) is 10.4 Å². The number of rotatable bonds is 20. The van der Waals surface area contributed by atoms with Crippen LogP contribution in [-0.4, -0.2) is 111 Å². The van der Waals surface area contributed by atoms with E-state index < -0.39 is 44.6 Å². The highest BCUT2D eigenvalue weighted by Gasteiger charge is 2.44. The number of aryl methyl sites for hydroxylation is 2. The third-order valence-electron chi connectivity index (χ3n) is 13.8. The van der Waals surface area contributed by atoms with E-state index in [2.05, 4.69) is 36.2 Å². The van der Waals surface area contributed by atoms with Gasteiger partial charge < -0.3 is 40.9 Å². The Bertz CT molecular complexity index is 2990. The number of likely N-dealkylation sites (tertiary alicyclic amines) is 2. The van der Waals surface area contributed by atoms with Crippen LogP contribution in [0.15, 0.2) is 77.3 Å². The van der Waals surface area contributed by atoms with Crippen LogP contribution >= 0.6 is 22.9 Å². The first-order chi connectivity index (χ1) is 36.0. The minimum absolute atomic E-state index is 0.0190. The number of benzene rings is 3. The van der Waals surface area contributed by atoms with Crippen molar-refractivity contribution in [3.8, 4) is 16.2 Å². The summed E-state index contributed by atoms with van der Waals surface area (Å²) >= 11 is 8.09. The van der Waals surface area contributed by atoms with E-state index in [4.69, 9.17) is 16.3 Å². The zero-order chi connectivity index (χ0) is 55.1. The molecule has 4 heterocycles. The summed E-state index contributed by atoms with van der Waals surface area (Å²) in [6.45, 7) is 18.1. The highest BCUT2D eigenvalue weighted by atomic mass is 35.5. The number of aliphatic hydroxyl groups is 1. The number of sulfone groups is 1. The second kappa shape index (κ2) is 24.9. The second-order valence-corrected chi connectivity index (χ2v) is 25.1. The van der Waals surface area contributed by atoms with Crippen molar-refractivity contribution in [2.45, 2.75) is 154 Å². The number of anilines is 4. The molecule has 17 nitrogen and oxygen atoms in total. The fourth-order valence-corrected chi connectivity index (χ4v) is 11.8. The van der Waals surface area contributed by atoms with E-state index in [9.17, 15) is 32.7 Å². The standard InChI is InChI=1S/C56H72ClN9O8S2/c1-33(2)74-46-28-41(35(5)26-44(46)62-55-59-30-42(57)52(64-55)61-43-14-10-11-15-47(43)76(72,73)34(3)4)38-22-24-65(25-23-38)49(69)17-13-12-16-48(68)63-51(56(7,8)9)54(71)66-31-40(67)27-45(66)53(70)58-29-37-18-20-39(21-19-37)50-36(6)60-32-75-50/h10-11,14-15,18-21,26,28,30,32-34,38,40,45,51,67H,12-13,16-17,22-25,27,29,31H2,1-9H3,(H,58,70)(H,63,68)(H2,59,61,62,64)/t40-,45-,51?/m0/s1. The lowest BCUT2D eigenvalue weighted by Crippen LogP contribution is -2.57. The number of aromatic nitrogens is 3. The Hall–Kier alpha value is -6.15. The molecule has 2 fully saturated rings. The summed E-state index contributed by atoms with van der Waals surface area (Å²) in [5.74, 6) is 0.146. The fourth-order valence-electron chi connectivity index (χ4n) is 9.60. The van der Waals surface area contributed by atoms with E-state index in [-0.39, 0.29) is 83.8 Å². The van der Waals surface area contributed by atoms with Crippen LogP contribution in [0.4, 0.5) is 23.1 Å². The summed E-state index contributed by atoms with van der Waals surface area (Å²) < 4.78 is 32.6. The SMILES string of the molecule is Cc1cc(Nc2ncc(Cl)c(Nc3ccccc3S(=O)(=O)C(C)C)n2)c(OC(C)C)cc1C1CCN(C(=O)CCCCC(=O)NC(C(=O)N2C[C@@H](O)C[C@H]2C(=O)NCc2ccc(-c3scnc3C)cc2)C(C)(C)C)CC1. The molecule has 408 valence electrons. The average Bonchev–Trinajstić information content (AvgIpc) is 4.00. The number of hydrogen-bond donors (Lipinski definition) is 5. The Morgan fingerprint density at radius 1 is 0.921 bits per heavy atom. The number of amides is 4. The van der Waals surface area contributed by atoms with Crippen molar-refractivity contribution in [3.63, 3.8) is 0 Å². The van der Waals surface area contributed by atoms with Crippen molar-refractivity contribution in [2.75, 3.05) is 30.3 Å². The molecule has 3 aromatic carbocycles. The number of thiazole rings is 1. The lowest BCUT2D eigenvalue weighted by atomic mass is 9.85. The quantitative estimate of drug-likeness (QED) is 0.0459. The van der Waals surface area contributed by atoms with Crippen LogP contribution in [0, 0.1) is 19.3 Å². The number of nitrogens with one attached hydrogen (secondary N) is 4. The molecule has 7 rings (SSSR count). The van der Waals surface area contributed by atoms with E-state index >= 15 is 0 Å². The molecule has 0 radical (unpaired) electrons. The number of ether oxygens (including phenoxy) is 1. The van der Waals surface area contributed by atoms with Crippen molar-refractivity contribution in [1.82, 2.24) is 35.4 Å². The van der Waals surface area contributed by atoms with Gasteiger partial charge in [-0.05, 0) is 125 Å². The lowest BCUT2D eigenvalue weighted by Gasteiger charge is -2.35. The van der Waals surface area contributed by atoms with Gasteiger partial charge in [-0.15, -0.1) is 11.3 Å². The zero-order valence-electron chi connectivity index (χ0n) is 44.9. The number of halogens is 1. The predicted molar refractivity (Wildman–Crippen MR) is 298 cm³/mol. The molecular formula is C56H72ClN9O8S2. The molecule has 2 aliphatic heterocycles. The summed E-state index contributed by atoms with van der Waals surface area (Å²) in [7, 11) is -3.61. The molecule has 5 N–H and O–H groups in total. The lowest BCUT2D eigenvalue weighted by molar-refractivity contribution is -0.144. The van der Waals surface area contributed by atoms with Crippen molar-refractivity contribution in [3.05, 3.63) is 99.8 Å². The van der Waals surface area contributed by atoms with Gasteiger partial charge in [-0.1, -0.05) is 68.8 Å². The van der Waals surface area contributed by atoms with Gasteiger partial charge in [0.2, 0.25) is 29.6 Å². The minimum atomic E-state index is -3.61. The van der Waals surface area contributed by atoms with Crippen molar-refractivity contribution in [2.24, 2.45) is 5.41 Å². The van der Waals surface area contributed by atoms with Crippen LogP contribution in [0.1, 0.15) is 122 Å². The summed E-state index contributed by atoms with van der Waals surface area (Å²) in [5, 5.41) is 22.5. The Balaban J connectivity index is 0.890. The maximum absolute atomic E-state index is 14.2. The van der Waals surface area contributed by atoms with Gasteiger partial charge in [0.15, 0.2) is 15.7 Å². The van der Waals surface area contributed by atoms with E-state index in [0.29, 0.717) is 43.1 Å². The number of nitrogens with zero attached hydrogens (tertiary/aromatic N) is 5. The Labute approximate surface area is 455 Å². The topological polar surface area (TPSA) is 225 Å². The first-order valence-electron chi connectivity index (χ1n) is 26.0. The van der Waals surface area contributed by atoms with E-state index in [1.807, 2.05) is 95.3 Å². The number of carbonyl (C=O) groups is 4.